The van der Waals surface area contributed by atoms with Crippen LogP contribution in [0, 0.1) is 18.3 Å². The molecule has 0 radical (unpaired) electrons. The molecule has 1 fully saturated rings. The molecular weight excluding hydrogens is 394 g/mol. The molecule has 7 heteroatoms. The summed E-state index contributed by atoms with van der Waals surface area (Å²) in [6, 6.07) is 12.7. The summed E-state index contributed by atoms with van der Waals surface area (Å²) in [4.78, 5) is 14.9. The number of aryl methyl sites for hydroxylation is 1. The number of methoxy groups -OCH3 is 1. The number of ether oxygens (including phenoxy) is 2. The molecule has 1 atom stereocenters. The van der Waals surface area contributed by atoms with Gasteiger partial charge in [-0.3, -0.25) is 4.79 Å². The van der Waals surface area contributed by atoms with Gasteiger partial charge in [-0.25, -0.2) is 0 Å². The van der Waals surface area contributed by atoms with Crippen molar-refractivity contribution in [3.05, 3.63) is 63.3 Å². The number of benzene rings is 2. The van der Waals surface area contributed by atoms with Crippen LogP contribution >= 0.6 is 0 Å². The third-order valence-corrected chi connectivity index (χ3v) is 5.48. The van der Waals surface area contributed by atoms with Gasteiger partial charge in [0.15, 0.2) is 11.3 Å². The predicted molar refractivity (Wildman–Crippen MR) is 120 cm³/mol. The van der Waals surface area contributed by atoms with Crippen molar-refractivity contribution in [2.75, 3.05) is 43.6 Å². The van der Waals surface area contributed by atoms with Crippen molar-refractivity contribution < 1.29 is 13.9 Å². The molecule has 2 aromatic carbocycles. The van der Waals surface area contributed by atoms with Gasteiger partial charge >= 0.3 is 0 Å². The highest BCUT2D eigenvalue weighted by molar-refractivity contribution is 5.82. The Balaban J connectivity index is 1.76. The Labute approximate surface area is 180 Å². The Hall–Kier alpha value is -3.50. The van der Waals surface area contributed by atoms with E-state index in [9.17, 15) is 4.79 Å². The number of rotatable bonds is 5. The molecule has 0 spiro atoms. The van der Waals surface area contributed by atoms with E-state index < -0.39 is 0 Å². The smallest absolute Gasteiger partial charge is 0.200 e. The summed E-state index contributed by atoms with van der Waals surface area (Å²) in [5.41, 5.74) is 3.67. The molecule has 0 aliphatic carbocycles. The maximum absolute atomic E-state index is 12.9. The average molecular weight is 419 g/mol. The number of nitrogens with zero attached hydrogens (tertiary/aromatic N) is 2. The maximum atomic E-state index is 12.9. The summed E-state index contributed by atoms with van der Waals surface area (Å²) in [6.45, 7) is 6.57. The second-order valence-corrected chi connectivity index (χ2v) is 7.67. The number of hydrogen-bond acceptors (Lipinski definition) is 7. The normalized spacial score (nSPS) is 14.8. The van der Waals surface area contributed by atoms with Crippen LogP contribution in [0.15, 0.2) is 45.6 Å². The van der Waals surface area contributed by atoms with E-state index in [4.69, 9.17) is 19.2 Å². The Morgan fingerprint density at radius 3 is 2.68 bits per heavy atom. The largest absolute Gasteiger partial charge is 0.495 e. The van der Waals surface area contributed by atoms with E-state index in [1.807, 2.05) is 36.9 Å². The molecule has 160 valence electrons. The monoisotopic (exact) mass is 419 g/mol. The van der Waals surface area contributed by atoms with Crippen LogP contribution in [0.3, 0.4) is 0 Å². The van der Waals surface area contributed by atoms with E-state index in [2.05, 4.69) is 11.4 Å². The Morgan fingerprint density at radius 1 is 1.19 bits per heavy atom. The highest BCUT2D eigenvalue weighted by Gasteiger charge is 2.20. The van der Waals surface area contributed by atoms with Crippen molar-refractivity contribution in [3.8, 4) is 11.8 Å². The van der Waals surface area contributed by atoms with Crippen molar-refractivity contribution in [1.29, 1.82) is 5.26 Å². The summed E-state index contributed by atoms with van der Waals surface area (Å²) >= 11 is 0. The van der Waals surface area contributed by atoms with Crippen LogP contribution < -0.4 is 20.4 Å². The van der Waals surface area contributed by atoms with E-state index >= 15 is 0 Å². The Morgan fingerprint density at radius 2 is 1.97 bits per heavy atom. The van der Waals surface area contributed by atoms with Crippen LogP contribution in [0.5, 0.6) is 5.75 Å². The predicted octanol–water partition coefficient (Wildman–Crippen LogP) is 3.99. The molecule has 1 unspecified atom stereocenters. The first-order valence-electron chi connectivity index (χ1n) is 10.3. The minimum absolute atomic E-state index is 0.0594. The molecule has 3 aromatic rings. The Bertz CT molecular complexity index is 1210. The molecule has 31 heavy (non-hydrogen) atoms. The number of morpholine rings is 1. The topological polar surface area (TPSA) is 87.7 Å². The molecule has 7 nitrogen and oxygen atoms in total. The molecule has 1 aromatic heterocycles. The Kier molecular flexibility index (Phi) is 5.83. The van der Waals surface area contributed by atoms with Gasteiger partial charge in [0.05, 0.1) is 49.1 Å². The summed E-state index contributed by atoms with van der Waals surface area (Å²) in [7, 11) is 1.57. The van der Waals surface area contributed by atoms with Crippen molar-refractivity contribution in [2.24, 2.45) is 0 Å². The number of hydrogen-bond donors (Lipinski definition) is 1. The summed E-state index contributed by atoms with van der Waals surface area (Å²) in [5.74, 6) is 1.15. The van der Waals surface area contributed by atoms with E-state index in [1.54, 1.807) is 25.3 Å². The summed E-state index contributed by atoms with van der Waals surface area (Å²) in [6.07, 6.45) is 0. The van der Waals surface area contributed by atoms with E-state index in [0.29, 0.717) is 54.5 Å². The fourth-order valence-electron chi connectivity index (χ4n) is 3.87. The molecule has 0 saturated carbocycles. The van der Waals surface area contributed by atoms with E-state index in [0.717, 1.165) is 16.8 Å². The minimum atomic E-state index is -0.174. The van der Waals surface area contributed by atoms with Crippen LogP contribution in [0.2, 0.25) is 0 Å². The zero-order valence-electron chi connectivity index (χ0n) is 17.9. The van der Waals surface area contributed by atoms with Gasteiger partial charge in [0.25, 0.3) is 0 Å². The molecule has 2 heterocycles. The first kappa shape index (κ1) is 20.8. The van der Waals surface area contributed by atoms with Gasteiger partial charge in [-0.05, 0) is 37.6 Å². The fourth-order valence-corrected chi connectivity index (χ4v) is 3.87. The molecule has 4 rings (SSSR count). The maximum Gasteiger partial charge on any atom is 0.200 e. The molecule has 1 aliphatic rings. The summed E-state index contributed by atoms with van der Waals surface area (Å²) < 4.78 is 17.1. The highest BCUT2D eigenvalue weighted by atomic mass is 16.5. The van der Waals surface area contributed by atoms with Crippen LogP contribution in [0.4, 0.5) is 11.6 Å². The lowest BCUT2D eigenvalue weighted by molar-refractivity contribution is 0.121. The molecule has 0 amide bonds. The number of nitriles is 1. The SMILES string of the molecule is COc1cc(C#N)ccc1NC(C)c1cc(C)cc2c(=O)cc(N3CCOCC3)oc12. The quantitative estimate of drug-likeness (QED) is 0.669. The number of anilines is 2. The lowest BCUT2D eigenvalue weighted by Gasteiger charge is -2.27. The zero-order valence-corrected chi connectivity index (χ0v) is 17.9. The van der Waals surface area contributed by atoms with Gasteiger partial charge in [-0.2, -0.15) is 5.26 Å². The third kappa shape index (κ3) is 4.21. The van der Waals surface area contributed by atoms with Crippen molar-refractivity contribution in [1.82, 2.24) is 0 Å². The molecule has 1 aliphatic heterocycles. The lowest BCUT2D eigenvalue weighted by Crippen LogP contribution is -2.36. The van der Waals surface area contributed by atoms with Gasteiger partial charge in [-0.1, -0.05) is 6.07 Å². The van der Waals surface area contributed by atoms with Gasteiger partial charge in [0, 0.05) is 30.8 Å². The number of fused-ring (bicyclic) bond motifs is 1. The number of nitrogens with one attached hydrogen (secondary N) is 1. The van der Waals surface area contributed by atoms with Crippen LogP contribution in [0.25, 0.3) is 11.0 Å². The van der Waals surface area contributed by atoms with Crippen LogP contribution in [-0.2, 0) is 4.74 Å². The molecule has 1 saturated heterocycles. The van der Waals surface area contributed by atoms with Gasteiger partial charge in [0.1, 0.15) is 11.3 Å². The van der Waals surface area contributed by atoms with Crippen molar-refractivity contribution in [3.63, 3.8) is 0 Å². The van der Waals surface area contributed by atoms with E-state index in [-0.39, 0.29) is 11.5 Å². The first-order valence-corrected chi connectivity index (χ1v) is 10.3. The van der Waals surface area contributed by atoms with E-state index in [1.165, 1.54) is 0 Å². The standard InChI is InChI=1S/C24H25N3O4/c1-15-10-18(16(2)26-20-5-4-17(14-25)12-22(20)29-3)24-19(11-15)21(28)13-23(31-24)27-6-8-30-9-7-27/h4-5,10-13,16,26H,6-9H2,1-3H3. The van der Waals surface area contributed by atoms with Crippen LogP contribution in [-0.4, -0.2) is 33.4 Å². The van der Waals surface area contributed by atoms with Crippen molar-refractivity contribution in [2.45, 2.75) is 19.9 Å². The molecule has 1 N–H and O–H groups in total. The lowest BCUT2D eigenvalue weighted by atomic mass is 10.0. The average Bonchev–Trinajstić information content (AvgIpc) is 2.79. The first-order chi connectivity index (χ1) is 15.0. The fraction of sp³-hybridized carbons (Fsp3) is 0.333. The van der Waals surface area contributed by atoms with Gasteiger partial charge < -0.3 is 24.1 Å². The zero-order chi connectivity index (χ0) is 22.0. The van der Waals surface area contributed by atoms with Crippen LogP contribution in [0.1, 0.15) is 29.7 Å². The van der Waals surface area contributed by atoms with Gasteiger partial charge in [-0.15, -0.1) is 0 Å². The van der Waals surface area contributed by atoms with Gasteiger partial charge in [0.2, 0.25) is 0 Å². The minimum Gasteiger partial charge on any atom is -0.495 e. The second kappa shape index (κ2) is 8.70. The second-order valence-electron chi connectivity index (χ2n) is 7.67. The van der Waals surface area contributed by atoms with Crippen molar-refractivity contribution >= 4 is 22.5 Å². The molecule has 0 bridgehead atoms. The molecular formula is C24H25N3O4. The summed E-state index contributed by atoms with van der Waals surface area (Å²) in [5, 5.41) is 13.1. The third-order valence-electron chi connectivity index (χ3n) is 5.48. The highest BCUT2D eigenvalue weighted by Crippen LogP contribution is 2.33.